The Morgan fingerprint density at radius 1 is 1.53 bits per heavy atom. The van der Waals surface area contributed by atoms with Gasteiger partial charge in [-0.05, 0) is 24.6 Å². The maximum Gasteiger partial charge on any atom is 0.161 e. The summed E-state index contributed by atoms with van der Waals surface area (Å²) in [7, 11) is 0. The van der Waals surface area contributed by atoms with E-state index in [1.807, 2.05) is 19.1 Å². The van der Waals surface area contributed by atoms with E-state index in [4.69, 9.17) is 16.3 Å². The molecule has 0 fully saturated rings. The van der Waals surface area contributed by atoms with Crippen LogP contribution in [0.25, 0.3) is 0 Å². The maximum atomic E-state index is 10.5. The molecule has 0 atom stereocenters. The van der Waals surface area contributed by atoms with Gasteiger partial charge in [0.1, 0.15) is 17.4 Å². The number of carbonyl (C=O) groups is 1. The molecule has 0 saturated heterocycles. The highest BCUT2D eigenvalue weighted by atomic mass is 35.5. The number of nitrogens with zero attached hydrogens (tertiary/aromatic N) is 1. The minimum absolute atomic E-state index is 0.321. The first-order valence-corrected chi connectivity index (χ1v) is 6.17. The summed E-state index contributed by atoms with van der Waals surface area (Å²) in [6.45, 7) is 2.29. The summed E-state index contributed by atoms with van der Waals surface area (Å²) in [6.07, 6.45) is 2.31. The molecule has 0 radical (unpaired) electrons. The van der Waals surface area contributed by atoms with Gasteiger partial charge in [0, 0.05) is 6.20 Å². The molecule has 0 bridgehead atoms. The van der Waals surface area contributed by atoms with E-state index in [2.05, 4.69) is 4.98 Å². The second-order valence-corrected chi connectivity index (χ2v) is 5.05. The SMILES string of the molecule is Cc1ccc(Cl)c(OCc2ncc(C=O)s2)c1. The summed E-state index contributed by atoms with van der Waals surface area (Å²) >= 11 is 7.31. The quantitative estimate of drug-likeness (QED) is 0.796. The van der Waals surface area contributed by atoms with Gasteiger partial charge in [-0.25, -0.2) is 4.98 Å². The van der Waals surface area contributed by atoms with Gasteiger partial charge >= 0.3 is 0 Å². The number of aromatic nitrogens is 1. The van der Waals surface area contributed by atoms with Crippen LogP contribution in [0.5, 0.6) is 5.75 Å². The summed E-state index contributed by atoms with van der Waals surface area (Å²) in [5, 5.41) is 1.33. The van der Waals surface area contributed by atoms with Crippen molar-refractivity contribution in [3.63, 3.8) is 0 Å². The summed E-state index contributed by atoms with van der Waals surface area (Å²) in [5.74, 6) is 0.634. The molecule has 88 valence electrons. The molecule has 0 aliphatic carbocycles. The smallest absolute Gasteiger partial charge is 0.161 e. The average molecular weight is 268 g/mol. The third-order valence-corrected chi connectivity index (χ3v) is 3.33. The topological polar surface area (TPSA) is 39.2 Å². The van der Waals surface area contributed by atoms with Crippen LogP contribution in [0, 0.1) is 6.92 Å². The number of ether oxygens (including phenoxy) is 1. The first-order valence-electron chi connectivity index (χ1n) is 4.98. The molecule has 0 spiro atoms. The lowest BCUT2D eigenvalue weighted by Gasteiger charge is -2.06. The van der Waals surface area contributed by atoms with E-state index in [1.165, 1.54) is 17.5 Å². The Balaban J connectivity index is 2.06. The largest absolute Gasteiger partial charge is 0.485 e. The van der Waals surface area contributed by atoms with Crippen molar-refractivity contribution in [3.05, 3.63) is 44.9 Å². The molecule has 1 aromatic carbocycles. The highest BCUT2D eigenvalue weighted by Gasteiger charge is 2.05. The molecule has 5 heteroatoms. The van der Waals surface area contributed by atoms with E-state index in [0.717, 1.165) is 16.9 Å². The van der Waals surface area contributed by atoms with Crippen LogP contribution >= 0.6 is 22.9 Å². The minimum atomic E-state index is 0.321. The molecule has 0 aliphatic rings. The van der Waals surface area contributed by atoms with Crippen LogP contribution in [0.15, 0.2) is 24.4 Å². The van der Waals surface area contributed by atoms with E-state index < -0.39 is 0 Å². The highest BCUT2D eigenvalue weighted by molar-refractivity contribution is 7.13. The zero-order valence-electron chi connectivity index (χ0n) is 9.14. The second-order valence-electron chi connectivity index (χ2n) is 3.50. The molecule has 3 nitrogen and oxygen atoms in total. The van der Waals surface area contributed by atoms with E-state index >= 15 is 0 Å². The Morgan fingerprint density at radius 2 is 2.35 bits per heavy atom. The predicted octanol–water partition coefficient (Wildman–Crippen LogP) is 3.50. The van der Waals surface area contributed by atoms with Crippen LogP contribution < -0.4 is 4.74 Å². The van der Waals surface area contributed by atoms with E-state index in [9.17, 15) is 4.79 Å². The van der Waals surface area contributed by atoms with Crippen LogP contribution in [-0.2, 0) is 6.61 Å². The predicted molar refractivity (Wildman–Crippen MR) is 68.0 cm³/mol. The number of thiazole rings is 1. The number of benzene rings is 1. The summed E-state index contributed by atoms with van der Waals surface area (Å²) in [6, 6.07) is 5.59. The van der Waals surface area contributed by atoms with Gasteiger partial charge in [0.2, 0.25) is 0 Å². The van der Waals surface area contributed by atoms with Crippen molar-refractivity contribution in [2.75, 3.05) is 0 Å². The summed E-state index contributed by atoms with van der Waals surface area (Å²) in [4.78, 5) is 15.2. The number of aldehydes is 1. The van der Waals surface area contributed by atoms with Gasteiger partial charge in [0.15, 0.2) is 6.29 Å². The molecule has 1 heterocycles. The Labute approximate surface area is 108 Å². The van der Waals surface area contributed by atoms with Crippen molar-refractivity contribution in [3.8, 4) is 5.75 Å². The van der Waals surface area contributed by atoms with Gasteiger partial charge in [-0.15, -0.1) is 11.3 Å². The minimum Gasteiger partial charge on any atom is -0.485 e. The van der Waals surface area contributed by atoms with E-state index in [-0.39, 0.29) is 0 Å². The van der Waals surface area contributed by atoms with Gasteiger partial charge in [0.25, 0.3) is 0 Å². The lowest BCUT2D eigenvalue weighted by Crippen LogP contribution is -1.95. The van der Waals surface area contributed by atoms with Crippen LogP contribution in [-0.4, -0.2) is 11.3 Å². The molecule has 0 saturated carbocycles. The Kier molecular flexibility index (Phi) is 3.76. The monoisotopic (exact) mass is 267 g/mol. The fourth-order valence-corrected chi connectivity index (χ4v) is 2.13. The number of hydrogen-bond donors (Lipinski definition) is 0. The molecule has 0 amide bonds. The Bertz CT molecular complexity index is 539. The van der Waals surface area contributed by atoms with E-state index in [0.29, 0.717) is 22.3 Å². The summed E-state index contributed by atoms with van der Waals surface area (Å²) in [5.41, 5.74) is 1.08. The summed E-state index contributed by atoms with van der Waals surface area (Å²) < 4.78 is 5.56. The normalized spacial score (nSPS) is 10.2. The van der Waals surface area contributed by atoms with Crippen LogP contribution in [0.4, 0.5) is 0 Å². The second kappa shape index (κ2) is 5.29. The van der Waals surface area contributed by atoms with Gasteiger partial charge in [-0.1, -0.05) is 17.7 Å². The zero-order chi connectivity index (χ0) is 12.3. The molecular formula is C12H10ClNO2S. The number of carbonyl (C=O) groups excluding carboxylic acids is 1. The molecule has 1 aromatic heterocycles. The van der Waals surface area contributed by atoms with Crippen molar-refractivity contribution in [2.24, 2.45) is 0 Å². The van der Waals surface area contributed by atoms with Crippen molar-refractivity contribution < 1.29 is 9.53 Å². The lowest BCUT2D eigenvalue weighted by molar-refractivity contribution is 0.112. The zero-order valence-corrected chi connectivity index (χ0v) is 10.7. The molecular weight excluding hydrogens is 258 g/mol. The van der Waals surface area contributed by atoms with Crippen LogP contribution in [0.1, 0.15) is 20.2 Å². The molecule has 0 unspecified atom stereocenters. The fourth-order valence-electron chi connectivity index (χ4n) is 1.31. The first kappa shape index (κ1) is 12.1. The number of halogens is 1. The highest BCUT2D eigenvalue weighted by Crippen LogP contribution is 2.26. The van der Waals surface area contributed by atoms with Crippen molar-refractivity contribution in [1.29, 1.82) is 0 Å². The van der Waals surface area contributed by atoms with Crippen molar-refractivity contribution in [2.45, 2.75) is 13.5 Å². The third-order valence-electron chi connectivity index (χ3n) is 2.13. The van der Waals surface area contributed by atoms with Crippen molar-refractivity contribution in [1.82, 2.24) is 4.98 Å². The standard InChI is InChI=1S/C12H10ClNO2S/c1-8-2-3-10(13)11(4-8)16-7-12-14-5-9(6-15)17-12/h2-6H,7H2,1H3. The molecule has 2 aromatic rings. The number of aryl methyl sites for hydroxylation is 1. The van der Waals surface area contributed by atoms with Crippen LogP contribution in [0.2, 0.25) is 5.02 Å². The van der Waals surface area contributed by atoms with Crippen molar-refractivity contribution >= 4 is 29.2 Å². The number of rotatable bonds is 4. The molecule has 17 heavy (non-hydrogen) atoms. The van der Waals surface area contributed by atoms with Gasteiger partial charge in [-0.3, -0.25) is 4.79 Å². The first-order chi connectivity index (χ1) is 8.19. The van der Waals surface area contributed by atoms with Gasteiger partial charge in [-0.2, -0.15) is 0 Å². The van der Waals surface area contributed by atoms with Gasteiger partial charge in [0.05, 0.1) is 9.90 Å². The Hall–Kier alpha value is -1.39. The van der Waals surface area contributed by atoms with Gasteiger partial charge < -0.3 is 4.74 Å². The lowest BCUT2D eigenvalue weighted by atomic mass is 10.2. The van der Waals surface area contributed by atoms with E-state index in [1.54, 1.807) is 6.07 Å². The fraction of sp³-hybridized carbons (Fsp3) is 0.167. The molecule has 2 rings (SSSR count). The number of hydrogen-bond acceptors (Lipinski definition) is 4. The maximum absolute atomic E-state index is 10.5. The average Bonchev–Trinajstić information content (AvgIpc) is 2.78. The molecule has 0 N–H and O–H groups in total. The van der Waals surface area contributed by atoms with Crippen LogP contribution in [0.3, 0.4) is 0 Å². The Morgan fingerprint density at radius 3 is 3.06 bits per heavy atom. The molecule has 0 aliphatic heterocycles. The third kappa shape index (κ3) is 3.05.